The average Bonchev–Trinajstić information content (AvgIpc) is 2.50. The van der Waals surface area contributed by atoms with Gasteiger partial charge in [0, 0.05) is 30.6 Å². The molecule has 0 bridgehead atoms. The first-order chi connectivity index (χ1) is 11.0. The van der Waals surface area contributed by atoms with Crippen LogP contribution in [0.15, 0.2) is 42.5 Å². The van der Waals surface area contributed by atoms with E-state index in [9.17, 15) is 0 Å². The first-order valence-corrected chi connectivity index (χ1v) is 8.26. The van der Waals surface area contributed by atoms with Crippen molar-refractivity contribution >= 4 is 0 Å². The highest BCUT2D eigenvalue weighted by Gasteiger charge is 2.30. The van der Waals surface area contributed by atoms with Crippen LogP contribution in [0.3, 0.4) is 0 Å². The topological polar surface area (TPSA) is 38.5 Å². The van der Waals surface area contributed by atoms with Crippen molar-refractivity contribution in [1.82, 2.24) is 4.90 Å². The van der Waals surface area contributed by atoms with Crippen LogP contribution < -0.4 is 10.5 Å². The Kier molecular flexibility index (Phi) is 4.69. The summed E-state index contributed by atoms with van der Waals surface area (Å²) in [4.78, 5) is 2.33. The van der Waals surface area contributed by atoms with Gasteiger partial charge in [-0.05, 0) is 43.7 Å². The maximum Gasteiger partial charge on any atom is 0.124 e. The number of nitrogens with two attached hydrogens (primary N) is 1. The number of ether oxygens (including phenoxy) is 1. The Labute approximate surface area is 139 Å². The minimum absolute atomic E-state index is 0.0394. The van der Waals surface area contributed by atoms with Crippen LogP contribution in [0.4, 0.5) is 0 Å². The Bertz CT molecular complexity index is 669. The van der Waals surface area contributed by atoms with Gasteiger partial charge in [-0.25, -0.2) is 0 Å². The van der Waals surface area contributed by atoms with Crippen LogP contribution in [0.2, 0.25) is 0 Å². The van der Waals surface area contributed by atoms with Crippen LogP contribution in [-0.2, 0) is 6.54 Å². The zero-order valence-electron chi connectivity index (χ0n) is 14.3. The summed E-state index contributed by atoms with van der Waals surface area (Å²) in [7, 11) is 2.15. The van der Waals surface area contributed by atoms with E-state index in [1.165, 1.54) is 22.3 Å². The molecule has 23 heavy (non-hydrogen) atoms. The normalized spacial score (nSPS) is 20.2. The Hall–Kier alpha value is -1.84. The van der Waals surface area contributed by atoms with Crippen molar-refractivity contribution in [2.75, 3.05) is 20.2 Å². The number of hydrogen-bond acceptors (Lipinski definition) is 3. The molecule has 0 aromatic heterocycles. The van der Waals surface area contributed by atoms with Gasteiger partial charge in [0.1, 0.15) is 5.75 Å². The second kappa shape index (κ2) is 6.73. The number of aryl methyl sites for hydroxylation is 2. The number of nitrogens with zero attached hydrogens (tertiary/aromatic N) is 1. The summed E-state index contributed by atoms with van der Waals surface area (Å²) in [6.07, 6.45) is 0. The molecule has 3 rings (SSSR count). The number of rotatable bonds is 4. The molecule has 0 saturated heterocycles. The molecule has 2 atom stereocenters. The lowest BCUT2D eigenvalue weighted by atomic mass is 9.87. The molecule has 0 fully saturated rings. The van der Waals surface area contributed by atoms with Crippen molar-refractivity contribution in [3.05, 3.63) is 64.7 Å². The molecular weight excluding hydrogens is 284 g/mol. The monoisotopic (exact) mass is 310 g/mol. The average molecular weight is 310 g/mol. The second-order valence-electron chi connectivity index (χ2n) is 6.77. The van der Waals surface area contributed by atoms with Crippen molar-refractivity contribution in [3.63, 3.8) is 0 Å². The highest BCUT2D eigenvalue weighted by molar-refractivity contribution is 5.46. The van der Waals surface area contributed by atoms with Gasteiger partial charge in [-0.3, -0.25) is 0 Å². The molecule has 0 aliphatic carbocycles. The van der Waals surface area contributed by atoms with Crippen LogP contribution in [0.5, 0.6) is 5.75 Å². The van der Waals surface area contributed by atoms with E-state index in [1.807, 2.05) is 0 Å². The quantitative estimate of drug-likeness (QED) is 0.940. The molecule has 3 heteroatoms. The highest BCUT2D eigenvalue weighted by atomic mass is 16.5. The molecule has 0 amide bonds. The van der Waals surface area contributed by atoms with E-state index in [2.05, 4.69) is 68.3 Å². The standard InChI is InChI=1S/C20H26N2O/c1-14-9-15(2)19-18(10-14)23-13-17(20(19)21)12-22(3)11-16-7-5-4-6-8-16/h4-10,17,20H,11-13,21H2,1-3H3. The van der Waals surface area contributed by atoms with E-state index in [1.54, 1.807) is 0 Å². The van der Waals surface area contributed by atoms with E-state index < -0.39 is 0 Å². The summed E-state index contributed by atoms with van der Waals surface area (Å²) in [5, 5.41) is 0. The molecule has 1 aliphatic rings. The van der Waals surface area contributed by atoms with Crippen LogP contribution in [0, 0.1) is 19.8 Å². The third kappa shape index (κ3) is 3.57. The molecule has 1 heterocycles. The van der Waals surface area contributed by atoms with E-state index in [4.69, 9.17) is 10.5 Å². The molecule has 0 radical (unpaired) electrons. The van der Waals surface area contributed by atoms with Crippen LogP contribution >= 0.6 is 0 Å². The van der Waals surface area contributed by atoms with E-state index >= 15 is 0 Å². The Morgan fingerprint density at radius 1 is 1.17 bits per heavy atom. The predicted octanol–water partition coefficient (Wildman–Crippen LogP) is 3.44. The fourth-order valence-electron chi connectivity index (χ4n) is 3.55. The first kappa shape index (κ1) is 16.0. The maximum atomic E-state index is 6.58. The predicted molar refractivity (Wildman–Crippen MR) is 94.6 cm³/mol. The van der Waals surface area contributed by atoms with E-state index in [0.29, 0.717) is 12.5 Å². The van der Waals surface area contributed by atoms with E-state index in [-0.39, 0.29) is 6.04 Å². The fourth-order valence-corrected chi connectivity index (χ4v) is 3.55. The third-order valence-corrected chi connectivity index (χ3v) is 4.63. The summed E-state index contributed by atoms with van der Waals surface area (Å²) < 4.78 is 6.01. The van der Waals surface area contributed by atoms with Gasteiger partial charge in [0.05, 0.1) is 6.61 Å². The lowest BCUT2D eigenvalue weighted by molar-refractivity contribution is 0.148. The number of benzene rings is 2. The van der Waals surface area contributed by atoms with Crippen molar-refractivity contribution < 1.29 is 4.74 Å². The van der Waals surface area contributed by atoms with Gasteiger partial charge in [-0.15, -0.1) is 0 Å². The van der Waals surface area contributed by atoms with Gasteiger partial charge >= 0.3 is 0 Å². The Morgan fingerprint density at radius 3 is 2.65 bits per heavy atom. The molecule has 2 N–H and O–H groups in total. The molecule has 122 valence electrons. The maximum absolute atomic E-state index is 6.58. The van der Waals surface area contributed by atoms with Gasteiger partial charge in [-0.2, -0.15) is 0 Å². The van der Waals surface area contributed by atoms with Gasteiger partial charge in [0.2, 0.25) is 0 Å². The van der Waals surface area contributed by atoms with Crippen LogP contribution in [0.25, 0.3) is 0 Å². The van der Waals surface area contributed by atoms with Gasteiger partial charge in [0.25, 0.3) is 0 Å². The summed E-state index contributed by atoms with van der Waals surface area (Å²) in [6, 6.07) is 14.9. The zero-order valence-corrected chi connectivity index (χ0v) is 14.3. The van der Waals surface area contributed by atoms with Gasteiger partial charge < -0.3 is 15.4 Å². The highest BCUT2D eigenvalue weighted by Crippen LogP contribution is 2.37. The van der Waals surface area contributed by atoms with Crippen LogP contribution in [-0.4, -0.2) is 25.1 Å². The summed E-state index contributed by atoms with van der Waals surface area (Å²) in [6.45, 7) is 6.79. The summed E-state index contributed by atoms with van der Waals surface area (Å²) in [5.74, 6) is 1.29. The molecule has 0 spiro atoms. The van der Waals surface area contributed by atoms with Gasteiger partial charge in [-0.1, -0.05) is 36.4 Å². The van der Waals surface area contributed by atoms with Crippen LogP contribution in [0.1, 0.15) is 28.3 Å². The lowest BCUT2D eigenvalue weighted by Gasteiger charge is -2.35. The van der Waals surface area contributed by atoms with Crippen molar-refractivity contribution in [2.24, 2.45) is 11.7 Å². The Morgan fingerprint density at radius 2 is 1.91 bits per heavy atom. The molecule has 2 unspecified atom stereocenters. The number of fused-ring (bicyclic) bond motifs is 1. The third-order valence-electron chi connectivity index (χ3n) is 4.63. The van der Waals surface area contributed by atoms with Crippen molar-refractivity contribution in [1.29, 1.82) is 0 Å². The van der Waals surface area contributed by atoms with Crippen molar-refractivity contribution in [2.45, 2.75) is 26.4 Å². The van der Waals surface area contributed by atoms with Crippen molar-refractivity contribution in [3.8, 4) is 5.75 Å². The molecule has 2 aromatic carbocycles. The fraction of sp³-hybridized carbons (Fsp3) is 0.400. The largest absolute Gasteiger partial charge is 0.493 e. The van der Waals surface area contributed by atoms with Gasteiger partial charge in [0.15, 0.2) is 0 Å². The molecular formula is C20H26N2O. The molecule has 3 nitrogen and oxygen atoms in total. The number of hydrogen-bond donors (Lipinski definition) is 1. The molecule has 0 saturated carbocycles. The summed E-state index contributed by atoms with van der Waals surface area (Å²) >= 11 is 0. The molecule has 1 aliphatic heterocycles. The van der Waals surface area contributed by atoms with E-state index in [0.717, 1.165) is 18.8 Å². The lowest BCUT2D eigenvalue weighted by Crippen LogP contribution is -2.39. The SMILES string of the molecule is Cc1cc(C)c2c(c1)OCC(CN(C)Cc1ccccc1)C2N. The smallest absolute Gasteiger partial charge is 0.124 e. The Balaban J connectivity index is 1.70. The summed E-state index contributed by atoms with van der Waals surface area (Å²) in [5.41, 5.74) is 11.6. The molecule has 2 aromatic rings. The second-order valence-corrected chi connectivity index (χ2v) is 6.77. The zero-order chi connectivity index (χ0) is 16.4. The minimum atomic E-state index is 0.0394. The minimum Gasteiger partial charge on any atom is -0.493 e. The first-order valence-electron chi connectivity index (χ1n) is 8.26.